The zero-order valence-electron chi connectivity index (χ0n) is 19.0. The summed E-state index contributed by atoms with van der Waals surface area (Å²) in [5, 5.41) is 4.40. The van der Waals surface area contributed by atoms with Crippen molar-refractivity contribution in [1.29, 1.82) is 0 Å². The second-order valence-electron chi connectivity index (χ2n) is 9.37. The molecule has 1 aromatic heterocycles. The average Bonchev–Trinajstić information content (AvgIpc) is 3.39. The van der Waals surface area contributed by atoms with Gasteiger partial charge in [-0.1, -0.05) is 20.8 Å². The molecule has 1 aliphatic heterocycles. The van der Waals surface area contributed by atoms with E-state index in [0.29, 0.717) is 31.5 Å². The van der Waals surface area contributed by atoms with Crippen molar-refractivity contribution in [2.24, 2.45) is 11.1 Å². The molecule has 1 saturated heterocycles. The summed E-state index contributed by atoms with van der Waals surface area (Å²) in [6.45, 7) is 5.66. The molecule has 0 radical (unpaired) electrons. The molecule has 0 bridgehead atoms. The van der Waals surface area contributed by atoms with Gasteiger partial charge in [0.25, 0.3) is 0 Å². The number of anilines is 1. The fraction of sp³-hybridized carbons (Fsp3) is 0.500. The summed E-state index contributed by atoms with van der Waals surface area (Å²) < 4.78 is 79.3. The lowest BCUT2D eigenvalue weighted by molar-refractivity contribution is -0.143. The Morgan fingerprint density at radius 1 is 1.09 bits per heavy atom. The van der Waals surface area contributed by atoms with Crippen LogP contribution in [0.2, 0.25) is 0 Å². The molecule has 3 N–H and O–H groups in total. The Labute approximate surface area is 201 Å². The van der Waals surface area contributed by atoms with Crippen molar-refractivity contribution in [2.75, 3.05) is 11.9 Å². The summed E-state index contributed by atoms with van der Waals surface area (Å²) in [5.74, 6) is -1.01. The lowest BCUT2D eigenvalue weighted by atomic mass is 9.85. The van der Waals surface area contributed by atoms with Gasteiger partial charge in [-0.25, -0.2) is 4.98 Å². The number of nitrogens with two attached hydrogens (primary N) is 1. The number of halogens is 6. The molecule has 2 heterocycles. The molecule has 192 valence electrons. The zero-order chi connectivity index (χ0) is 26.3. The predicted molar refractivity (Wildman–Crippen MR) is 118 cm³/mol. The van der Waals surface area contributed by atoms with Crippen LogP contribution in [0.3, 0.4) is 0 Å². The Morgan fingerprint density at radius 2 is 1.66 bits per heavy atom. The van der Waals surface area contributed by atoms with Gasteiger partial charge in [-0.05, 0) is 36.5 Å². The van der Waals surface area contributed by atoms with Crippen molar-refractivity contribution in [3.8, 4) is 11.3 Å². The van der Waals surface area contributed by atoms with Gasteiger partial charge in [0.2, 0.25) is 11.8 Å². The van der Waals surface area contributed by atoms with Gasteiger partial charge < -0.3 is 16.0 Å². The summed E-state index contributed by atoms with van der Waals surface area (Å²) in [5.41, 5.74) is 1.39. The zero-order valence-corrected chi connectivity index (χ0v) is 19.9. The molecule has 1 fully saturated rings. The SMILES string of the molecule is CC(C)(C)[C@H](Nc1nc(-c2cc(C(F)(F)F)cc(C(F)(F)F)c2)cs1)C(=O)N1CCC[C@H]1C(N)=O. The topological polar surface area (TPSA) is 88.3 Å². The van der Waals surface area contributed by atoms with Crippen LogP contribution < -0.4 is 11.1 Å². The van der Waals surface area contributed by atoms with E-state index in [9.17, 15) is 35.9 Å². The number of likely N-dealkylation sites (tertiary alicyclic amines) is 1. The Balaban J connectivity index is 1.93. The molecule has 13 heteroatoms. The standard InChI is InChI=1S/C22H24F6N4O2S/c1-20(2,3)16(18(34)32-6-4-5-15(32)17(29)33)31-19-30-14(10-35-19)11-7-12(21(23,24)25)9-13(8-11)22(26,27)28/h7-10,15-16H,4-6H2,1-3H3,(H2,29,33)(H,30,31)/t15-,16+/m0/s1. The van der Waals surface area contributed by atoms with E-state index in [-0.39, 0.29) is 22.5 Å². The van der Waals surface area contributed by atoms with Crippen molar-refractivity contribution < 1.29 is 35.9 Å². The van der Waals surface area contributed by atoms with Crippen LogP contribution in [-0.2, 0) is 21.9 Å². The number of nitrogens with one attached hydrogen (secondary N) is 1. The van der Waals surface area contributed by atoms with E-state index in [1.54, 1.807) is 20.8 Å². The van der Waals surface area contributed by atoms with E-state index < -0.39 is 52.8 Å². The predicted octanol–water partition coefficient (Wildman–Crippen LogP) is 5.15. The molecule has 2 atom stereocenters. The first kappa shape index (κ1) is 26.8. The van der Waals surface area contributed by atoms with Crippen molar-refractivity contribution in [2.45, 2.75) is 58.0 Å². The first-order valence-corrected chi connectivity index (χ1v) is 11.5. The number of amides is 2. The lowest BCUT2D eigenvalue weighted by Crippen LogP contribution is -2.53. The summed E-state index contributed by atoms with van der Waals surface area (Å²) in [4.78, 5) is 30.6. The first-order valence-electron chi connectivity index (χ1n) is 10.6. The minimum atomic E-state index is -4.98. The molecule has 0 saturated carbocycles. The maximum absolute atomic E-state index is 13.3. The van der Waals surface area contributed by atoms with Crippen LogP contribution in [0.15, 0.2) is 23.6 Å². The van der Waals surface area contributed by atoms with Crippen molar-refractivity contribution >= 4 is 28.3 Å². The molecule has 1 aromatic carbocycles. The fourth-order valence-electron chi connectivity index (χ4n) is 3.84. The molecule has 35 heavy (non-hydrogen) atoms. The van der Waals surface area contributed by atoms with E-state index in [0.717, 1.165) is 11.3 Å². The summed E-state index contributed by atoms with van der Waals surface area (Å²) in [6, 6.07) is -0.376. The number of thiazole rings is 1. The highest BCUT2D eigenvalue weighted by atomic mass is 32.1. The number of hydrogen-bond donors (Lipinski definition) is 2. The molecular weight excluding hydrogens is 498 g/mol. The third kappa shape index (κ3) is 6.06. The molecule has 3 rings (SSSR count). The van der Waals surface area contributed by atoms with Crippen LogP contribution in [0.1, 0.15) is 44.7 Å². The van der Waals surface area contributed by atoms with E-state index >= 15 is 0 Å². The highest BCUT2D eigenvalue weighted by Gasteiger charge is 2.41. The van der Waals surface area contributed by atoms with Gasteiger partial charge in [-0.2, -0.15) is 26.3 Å². The van der Waals surface area contributed by atoms with Crippen molar-refractivity contribution in [1.82, 2.24) is 9.88 Å². The number of aromatic nitrogens is 1. The van der Waals surface area contributed by atoms with Gasteiger partial charge in [0.1, 0.15) is 12.1 Å². The van der Waals surface area contributed by atoms with Gasteiger partial charge in [0.05, 0.1) is 16.8 Å². The number of rotatable bonds is 5. The van der Waals surface area contributed by atoms with E-state index in [1.165, 1.54) is 10.3 Å². The number of benzene rings is 1. The Bertz CT molecular complexity index is 1070. The molecule has 0 spiro atoms. The first-order chi connectivity index (χ1) is 16.0. The minimum absolute atomic E-state index is 0.0501. The molecule has 2 amide bonds. The van der Waals surface area contributed by atoms with Crippen LogP contribution in [-0.4, -0.2) is 40.3 Å². The normalized spacial score (nSPS) is 18.0. The number of primary amides is 1. The molecular formula is C22H24F6N4O2S. The maximum atomic E-state index is 13.3. The van der Waals surface area contributed by atoms with Crippen LogP contribution in [0.4, 0.5) is 31.5 Å². The third-order valence-corrected chi connectivity index (χ3v) is 6.41. The van der Waals surface area contributed by atoms with E-state index in [1.807, 2.05) is 0 Å². The van der Waals surface area contributed by atoms with Crippen LogP contribution >= 0.6 is 11.3 Å². The highest BCUT2D eigenvalue weighted by molar-refractivity contribution is 7.14. The Morgan fingerprint density at radius 3 is 2.14 bits per heavy atom. The van der Waals surface area contributed by atoms with Crippen LogP contribution in [0, 0.1) is 5.41 Å². The quantitative estimate of drug-likeness (QED) is 0.532. The molecule has 1 aliphatic rings. The molecule has 6 nitrogen and oxygen atoms in total. The number of alkyl halides is 6. The summed E-state index contributed by atoms with van der Waals surface area (Å²) in [7, 11) is 0. The molecule has 2 aromatic rings. The van der Waals surface area contributed by atoms with Gasteiger partial charge in [-0.15, -0.1) is 11.3 Å². The number of carbonyl (C=O) groups is 2. The monoisotopic (exact) mass is 522 g/mol. The fourth-order valence-corrected chi connectivity index (χ4v) is 4.59. The second-order valence-corrected chi connectivity index (χ2v) is 10.2. The third-order valence-electron chi connectivity index (χ3n) is 5.63. The van der Waals surface area contributed by atoms with E-state index in [2.05, 4.69) is 10.3 Å². The van der Waals surface area contributed by atoms with Gasteiger partial charge in [-0.3, -0.25) is 9.59 Å². The minimum Gasteiger partial charge on any atom is -0.368 e. The lowest BCUT2D eigenvalue weighted by Gasteiger charge is -2.35. The highest BCUT2D eigenvalue weighted by Crippen LogP contribution is 2.39. The number of nitrogens with zero attached hydrogens (tertiary/aromatic N) is 2. The average molecular weight is 523 g/mol. The van der Waals surface area contributed by atoms with Gasteiger partial charge in [0.15, 0.2) is 5.13 Å². The van der Waals surface area contributed by atoms with Gasteiger partial charge >= 0.3 is 12.4 Å². The summed E-state index contributed by atoms with van der Waals surface area (Å²) >= 11 is 0.935. The second kappa shape index (κ2) is 9.32. The molecule has 0 unspecified atom stereocenters. The Hall–Kier alpha value is -2.83. The van der Waals surface area contributed by atoms with E-state index in [4.69, 9.17) is 5.73 Å². The van der Waals surface area contributed by atoms with Gasteiger partial charge in [0, 0.05) is 17.5 Å². The van der Waals surface area contributed by atoms with Crippen molar-refractivity contribution in [3.63, 3.8) is 0 Å². The molecule has 0 aliphatic carbocycles. The number of hydrogen-bond acceptors (Lipinski definition) is 5. The van der Waals surface area contributed by atoms with Crippen LogP contribution in [0.5, 0.6) is 0 Å². The Kier molecular flexibility index (Phi) is 7.13. The van der Waals surface area contributed by atoms with Crippen LogP contribution in [0.25, 0.3) is 11.3 Å². The maximum Gasteiger partial charge on any atom is 0.416 e. The largest absolute Gasteiger partial charge is 0.416 e. The number of carbonyl (C=O) groups excluding carboxylic acids is 2. The smallest absolute Gasteiger partial charge is 0.368 e. The summed E-state index contributed by atoms with van der Waals surface area (Å²) in [6.07, 6.45) is -8.92. The van der Waals surface area contributed by atoms with Crippen molar-refractivity contribution in [3.05, 3.63) is 34.7 Å².